The lowest BCUT2D eigenvalue weighted by atomic mass is 10.00. The Balaban J connectivity index is 1.55. The molecule has 31 heavy (non-hydrogen) atoms. The third-order valence-corrected chi connectivity index (χ3v) is 5.93. The average molecular weight is 420 g/mol. The topological polar surface area (TPSA) is 91.7 Å². The predicted octanol–water partition coefficient (Wildman–Crippen LogP) is 4.51. The minimum absolute atomic E-state index is 0.308. The van der Waals surface area contributed by atoms with Crippen LogP contribution in [-0.4, -0.2) is 39.2 Å². The fraction of sp³-hybridized carbons (Fsp3) is 0.348. The standard InChI is InChI=1S/C23H25FN6O/c1-12-9-27-23(28-15-5-4-6-25-10-15)29-22(12)18-11-26-20-8-17(19(24)7-16(18)20)21-13(2)30-31-14(21)3/h7-9,11,15,25-26H,4-6,10H2,1-3H3,(H,27,28,29)/t15-/m0/s1. The van der Waals surface area contributed by atoms with Gasteiger partial charge in [-0.25, -0.2) is 14.4 Å². The molecule has 0 spiro atoms. The number of halogens is 1. The van der Waals surface area contributed by atoms with Gasteiger partial charge in [0.15, 0.2) is 0 Å². The molecular weight excluding hydrogens is 395 g/mol. The molecule has 5 rings (SSSR count). The van der Waals surface area contributed by atoms with Crippen molar-refractivity contribution in [2.24, 2.45) is 0 Å². The number of aromatic amines is 1. The van der Waals surface area contributed by atoms with Crippen LogP contribution in [0, 0.1) is 26.6 Å². The molecule has 1 fully saturated rings. The maximum atomic E-state index is 15.2. The summed E-state index contributed by atoms with van der Waals surface area (Å²) in [4.78, 5) is 12.5. The molecule has 8 heteroatoms. The van der Waals surface area contributed by atoms with Crippen molar-refractivity contribution >= 4 is 16.9 Å². The van der Waals surface area contributed by atoms with Crippen LogP contribution in [0.25, 0.3) is 33.3 Å². The van der Waals surface area contributed by atoms with E-state index in [4.69, 9.17) is 9.51 Å². The van der Waals surface area contributed by atoms with Gasteiger partial charge in [-0.1, -0.05) is 5.16 Å². The fourth-order valence-electron chi connectivity index (χ4n) is 4.34. The summed E-state index contributed by atoms with van der Waals surface area (Å²) >= 11 is 0. The molecule has 1 aliphatic rings. The molecule has 3 aromatic heterocycles. The Bertz CT molecular complexity index is 1240. The SMILES string of the molecule is Cc1cnc(N[C@H]2CCCNC2)nc1-c1c[nH]c2cc(-c3c(C)noc3C)c(F)cc12. The third-order valence-electron chi connectivity index (χ3n) is 5.93. The van der Waals surface area contributed by atoms with E-state index in [0.29, 0.717) is 34.6 Å². The van der Waals surface area contributed by atoms with Crippen LogP contribution in [0.3, 0.4) is 0 Å². The van der Waals surface area contributed by atoms with Gasteiger partial charge in [0.1, 0.15) is 11.6 Å². The zero-order chi connectivity index (χ0) is 21.5. The maximum Gasteiger partial charge on any atom is 0.223 e. The summed E-state index contributed by atoms with van der Waals surface area (Å²) in [6.07, 6.45) is 5.91. The van der Waals surface area contributed by atoms with Crippen LogP contribution in [0.5, 0.6) is 0 Å². The molecule has 0 aliphatic carbocycles. The Morgan fingerprint density at radius 1 is 1.19 bits per heavy atom. The van der Waals surface area contributed by atoms with E-state index in [-0.39, 0.29) is 5.82 Å². The van der Waals surface area contributed by atoms with Crippen molar-refractivity contribution in [3.63, 3.8) is 0 Å². The molecule has 7 nitrogen and oxygen atoms in total. The number of benzene rings is 1. The molecule has 0 unspecified atom stereocenters. The number of fused-ring (bicyclic) bond motifs is 1. The highest BCUT2D eigenvalue weighted by atomic mass is 19.1. The van der Waals surface area contributed by atoms with Crippen LogP contribution in [0.1, 0.15) is 29.9 Å². The first-order chi connectivity index (χ1) is 15.0. The van der Waals surface area contributed by atoms with Crippen LogP contribution in [0.2, 0.25) is 0 Å². The lowest BCUT2D eigenvalue weighted by Gasteiger charge is -2.24. The van der Waals surface area contributed by atoms with Crippen LogP contribution in [-0.2, 0) is 0 Å². The zero-order valence-electron chi connectivity index (χ0n) is 17.8. The molecule has 0 bridgehead atoms. The van der Waals surface area contributed by atoms with Crippen molar-refractivity contribution in [2.75, 3.05) is 18.4 Å². The summed E-state index contributed by atoms with van der Waals surface area (Å²) in [6.45, 7) is 7.52. The first kappa shape index (κ1) is 19.7. The highest BCUT2D eigenvalue weighted by Crippen LogP contribution is 2.36. The van der Waals surface area contributed by atoms with Gasteiger partial charge in [-0.15, -0.1) is 0 Å². The molecule has 1 atom stereocenters. The second-order valence-corrected chi connectivity index (χ2v) is 8.19. The summed E-state index contributed by atoms with van der Waals surface area (Å²) in [6, 6.07) is 3.67. The summed E-state index contributed by atoms with van der Waals surface area (Å²) in [5.41, 5.74) is 5.24. The second-order valence-electron chi connectivity index (χ2n) is 8.19. The highest BCUT2D eigenvalue weighted by Gasteiger charge is 2.20. The molecule has 4 heterocycles. The molecule has 1 saturated heterocycles. The number of nitrogens with zero attached hydrogens (tertiary/aromatic N) is 3. The van der Waals surface area contributed by atoms with E-state index in [0.717, 1.165) is 53.7 Å². The van der Waals surface area contributed by atoms with Gasteiger partial charge in [0, 0.05) is 47.0 Å². The van der Waals surface area contributed by atoms with E-state index >= 15 is 4.39 Å². The molecule has 160 valence electrons. The van der Waals surface area contributed by atoms with Gasteiger partial charge in [0.2, 0.25) is 5.95 Å². The number of hydrogen-bond acceptors (Lipinski definition) is 6. The van der Waals surface area contributed by atoms with Gasteiger partial charge in [0.25, 0.3) is 0 Å². The number of anilines is 1. The van der Waals surface area contributed by atoms with Gasteiger partial charge in [-0.2, -0.15) is 0 Å². The van der Waals surface area contributed by atoms with Gasteiger partial charge >= 0.3 is 0 Å². The Kier molecular flexibility index (Phi) is 4.94. The van der Waals surface area contributed by atoms with Crippen molar-refractivity contribution in [3.05, 3.63) is 47.4 Å². The lowest BCUT2D eigenvalue weighted by molar-refractivity contribution is 0.393. The Morgan fingerprint density at radius 2 is 2.06 bits per heavy atom. The van der Waals surface area contributed by atoms with Crippen LogP contribution in [0.15, 0.2) is 29.0 Å². The zero-order valence-corrected chi connectivity index (χ0v) is 17.8. The smallest absolute Gasteiger partial charge is 0.223 e. The molecule has 0 amide bonds. The number of aromatic nitrogens is 4. The molecule has 0 radical (unpaired) electrons. The van der Waals surface area contributed by atoms with Crippen molar-refractivity contribution in [2.45, 2.75) is 39.7 Å². The van der Waals surface area contributed by atoms with Crippen molar-refractivity contribution in [1.29, 1.82) is 0 Å². The Morgan fingerprint density at radius 3 is 2.81 bits per heavy atom. The quantitative estimate of drug-likeness (QED) is 0.450. The minimum Gasteiger partial charge on any atom is -0.361 e. The van der Waals surface area contributed by atoms with Gasteiger partial charge in [-0.05, 0) is 57.9 Å². The summed E-state index contributed by atoms with van der Waals surface area (Å²) in [5, 5.41) is 11.5. The monoisotopic (exact) mass is 420 g/mol. The van der Waals surface area contributed by atoms with Crippen LogP contribution >= 0.6 is 0 Å². The molecule has 1 aromatic carbocycles. The highest BCUT2D eigenvalue weighted by molar-refractivity contribution is 5.97. The number of aryl methyl sites for hydroxylation is 3. The lowest BCUT2D eigenvalue weighted by Crippen LogP contribution is -2.38. The van der Waals surface area contributed by atoms with E-state index in [9.17, 15) is 0 Å². The van der Waals surface area contributed by atoms with E-state index in [1.165, 1.54) is 0 Å². The van der Waals surface area contributed by atoms with Crippen LogP contribution in [0.4, 0.5) is 10.3 Å². The largest absolute Gasteiger partial charge is 0.361 e. The maximum absolute atomic E-state index is 15.2. The molecule has 1 aliphatic heterocycles. The van der Waals surface area contributed by atoms with E-state index in [1.807, 2.05) is 32.3 Å². The van der Waals surface area contributed by atoms with Gasteiger partial charge < -0.3 is 20.1 Å². The first-order valence-corrected chi connectivity index (χ1v) is 10.6. The third kappa shape index (κ3) is 3.57. The molecule has 3 N–H and O–H groups in total. The van der Waals surface area contributed by atoms with Crippen molar-refractivity contribution < 1.29 is 8.91 Å². The van der Waals surface area contributed by atoms with Gasteiger partial charge in [-0.3, -0.25) is 0 Å². The Labute approximate surface area is 179 Å². The number of H-pyrrole nitrogens is 1. The minimum atomic E-state index is -0.318. The summed E-state index contributed by atoms with van der Waals surface area (Å²) < 4.78 is 20.4. The van der Waals surface area contributed by atoms with Crippen LogP contribution < -0.4 is 10.6 Å². The summed E-state index contributed by atoms with van der Waals surface area (Å²) in [5.74, 6) is 0.875. The normalized spacial score (nSPS) is 16.7. The van der Waals surface area contributed by atoms with Crippen molar-refractivity contribution in [1.82, 2.24) is 25.4 Å². The summed E-state index contributed by atoms with van der Waals surface area (Å²) in [7, 11) is 0. The predicted molar refractivity (Wildman–Crippen MR) is 119 cm³/mol. The Hall–Kier alpha value is -3.26. The molecule has 0 saturated carbocycles. The second kappa shape index (κ2) is 7.77. The molecule has 4 aromatic rings. The van der Waals surface area contributed by atoms with E-state index < -0.39 is 0 Å². The fourth-order valence-corrected chi connectivity index (χ4v) is 4.34. The van der Waals surface area contributed by atoms with Crippen molar-refractivity contribution in [3.8, 4) is 22.4 Å². The van der Waals surface area contributed by atoms with E-state index in [2.05, 4.69) is 25.8 Å². The number of piperidine rings is 1. The number of nitrogens with one attached hydrogen (secondary N) is 3. The average Bonchev–Trinajstić information content (AvgIpc) is 3.32. The first-order valence-electron chi connectivity index (χ1n) is 10.6. The van der Waals surface area contributed by atoms with Gasteiger partial charge in [0.05, 0.1) is 17.0 Å². The number of rotatable bonds is 4. The molecular formula is C23H25FN6O. The van der Waals surface area contributed by atoms with E-state index in [1.54, 1.807) is 13.0 Å². The number of hydrogen-bond donors (Lipinski definition) is 3.